The lowest BCUT2D eigenvalue weighted by atomic mass is 10.1. The zero-order chi connectivity index (χ0) is 15.4. The quantitative estimate of drug-likeness (QED) is 0.452. The maximum atomic E-state index is 9.72. The van der Waals surface area contributed by atoms with Crippen molar-refractivity contribution >= 4 is 40.7 Å². The normalized spacial score (nSPS) is 18.1. The van der Waals surface area contributed by atoms with Crippen LogP contribution in [0.25, 0.3) is 10.8 Å². The Bertz CT molecular complexity index is 669. The van der Waals surface area contributed by atoms with Crippen LogP contribution in [0, 0.1) is 0 Å². The summed E-state index contributed by atoms with van der Waals surface area (Å²) in [6.07, 6.45) is 0.583. The van der Waals surface area contributed by atoms with Crippen LogP contribution in [-0.4, -0.2) is 41.7 Å². The van der Waals surface area contributed by atoms with Crippen molar-refractivity contribution in [2.75, 3.05) is 19.6 Å². The number of rotatable bonds is 3. The number of nitrogens with one attached hydrogen (secondary N) is 1. The molecule has 0 aliphatic carbocycles. The van der Waals surface area contributed by atoms with Crippen molar-refractivity contribution in [3.63, 3.8) is 0 Å². The number of nitrogens with zero attached hydrogens (tertiary/aromatic N) is 2. The zero-order valence-corrected chi connectivity index (χ0v) is 15.7. The van der Waals surface area contributed by atoms with Crippen molar-refractivity contribution in [2.45, 2.75) is 26.0 Å². The van der Waals surface area contributed by atoms with Gasteiger partial charge in [0.2, 0.25) is 0 Å². The Kier molecular flexibility index (Phi) is 6.65. The van der Waals surface area contributed by atoms with Gasteiger partial charge in [-0.2, -0.15) is 0 Å². The van der Waals surface area contributed by atoms with Gasteiger partial charge in [-0.3, -0.25) is 0 Å². The fourth-order valence-electron chi connectivity index (χ4n) is 2.95. The Hall–Kier alpha value is -1.34. The third kappa shape index (κ3) is 4.35. The van der Waals surface area contributed by atoms with Crippen LogP contribution in [-0.2, 0) is 6.54 Å². The SMILES string of the molecule is CCNC(=NCc1cccc2ccccc12)N1CC[C@@H](O)C1.I. The van der Waals surface area contributed by atoms with Gasteiger partial charge < -0.3 is 15.3 Å². The zero-order valence-electron chi connectivity index (χ0n) is 13.4. The van der Waals surface area contributed by atoms with Gasteiger partial charge in [0.05, 0.1) is 12.6 Å². The molecule has 1 aliphatic heterocycles. The molecule has 1 heterocycles. The number of aliphatic hydroxyl groups is 1. The van der Waals surface area contributed by atoms with Crippen LogP contribution in [0.1, 0.15) is 18.9 Å². The van der Waals surface area contributed by atoms with Gasteiger partial charge in [-0.25, -0.2) is 4.99 Å². The molecule has 2 aromatic rings. The molecule has 5 heteroatoms. The van der Waals surface area contributed by atoms with Gasteiger partial charge in [-0.05, 0) is 29.7 Å². The summed E-state index contributed by atoms with van der Waals surface area (Å²) in [4.78, 5) is 6.91. The molecule has 2 aromatic carbocycles. The lowest BCUT2D eigenvalue weighted by Crippen LogP contribution is -2.40. The van der Waals surface area contributed by atoms with E-state index >= 15 is 0 Å². The molecule has 0 amide bonds. The Labute approximate surface area is 154 Å². The average molecular weight is 425 g/mol. The molecule has 0 spiro atoms. The summed E-state index contributed by atoms with van der Waals surface area (Å²) >= 11 is 0. The van der Waals surface area contributed by atoms with E-state index in [0.29, 0.717) is 13.1 Å². The van der Waals surface area contributed by atoms with Crippen molar-refractivity contribution in [1.29, 1.82) is 0 Å². The molecule has 3 rings (SSSR count). The predicted molar refractivity (Wildman–Crippen MR) is 106 cm³/mol. The fraction of sp³-hybridized carbons (Fsp3) is 0.389. The summed E-state index contributed by atoms with van der Waals surface area (Å²) < 4.78 is 0. The molecule has 0 bridgehead atoms. The van der Waals surface area contributed by atoms with Gasteiger partial charge in [0.25, 0.3) is 0 Å². The number of hydrogen-bond acceptors (Lipinski definition) is 2. The van der Waals surface area contributed by atoms with Gasteiger partial charge in [0.1, 0.15) is 0 Å². The molecule has 124 valence electrons. The van der Waals surface area contributed by atoms with Crippen LogP contribution >= 0.6 is 24.0 Å². The smallest absolute Gasteiger partial charge is 0.194 e. The highest BCUT2D eigenvalue weighted by atomic mass is 127. The number of guanidine groups is 1. The van der Waals surface area contributed by atoms with E-state index in [0.717, 1.165) is 25.5 Å². The number of aliphatic hydroxyl groups excluding tert-OH is 1. The van der Waals surface area contributed by atoms with Crippen LogP contribution in [0.15, 0.2) is 47.5 Å². The first-order valence-corrected chi connectivity index (χ1v) is 7.96. The maximum absolute atomic E-state index is 9.72. The summed E-state index contributed by atoms with van der Waals surface area (Å²) in [6.45, 7) is 5.08. The molecule has 1 aliphatic rings. The number of β-amino-alcohol motifs (C(OH)–C–C–N with tert-alkyl or cyclic N) is 1. The van der Waals surface area contributed by atoms with Crippen molar-refractivity contribution in [3.05, 3.63) is 48.0 Å². The highest BCUT2D eigenvalue weighted by molar-refractivity contribution is 14.0. The number of fused-ring (bicyclic) bond motifs is 1. The molecule has 4 nitrogen and oxygen atoms in total. The number of benzene rings is 2. The van der Waals surface area contributed by atoms with Crippen LogP contribution < -0.4 is 5.32 Å². The van der Waals surface area contributed by atoms with Crippen LogP contribution in [0.5, 0.6) is 0 Å². The van der Waals surface area contributed by atoms with E-state index in [9.17, 15) is 5.11 Å². The Balaban J connectivity index is 0.00000192. The summed E-state index contributed by atoms with van der Waals surface area (Å²) in [7, 11) is 0. The minimum absolute atomic E-state index is 0. The van der Waals surface area contributed by atoms with Crippen molar-refractivity contribution in [2.24, 2.45) is 4.99 Å². The third-order valence-corrected chi connectivity index (χ3v) is 4.08. The Morgan fingerprint density at radius 1 is 1.26 bits per heavy atom. The van der Waals surface area contributed by atoms with Gasteiger partial charge in [0, 0.05) is 19.6 Å². The van der Waals surface area contributed by atoms with E-state index in [2.05, 4.69) is 59.6 Å². The summed E-state index contributed by atoms with van der Waals surface area (Å²) in [5, 5.41) is 15.5. The molecule has 1 fully saturated rings. The number of aliphatic imine (C=N–C) groups is 1. The van der Waals surface area contributed by atoms with Crippen LogP contribution in [0.3, 0.4) is 0 Å². The molecule has 0 radical (unpaired) electrons. The second-order valence-electron chi connectivity index (χ2n) is 5.70. The second kappa shape index (κ2) is 8.49. The van der Waals surface area contributed by atoms with E-state index < -0.39 is 0 Å². The largest absolute Gasteiger partial charge is 0.391 e. The van der Waals surface area contributed by atoms with Crippen LogP contribution in [0.2, 0.25) is 0 Å². The first kappa shape index (κ1) is 18.0. The molecule has 23 heavy (non-hydrogen) atoms. The molecular weight excluding hydrogens is 401 g/mol. The van der Waals surface area contributed by atoms with Gasteiger partial charge >= 0.3 is 0 Å². The maximum Gasteiger partial charge on any atom is 0.194 e. The number of likely N-dealkylation sites (tertiary alicyclic amines) is 1. The molecule has 0 unspecified atom stereocenters. The van der Waals surface area contributed by atoms with Crippen molar-refractivity contribution in [3.8, 4) is 0 Å². The minimum Gasteiger partial charge on any atom is -0.391 e. The molecule has 2 N–H and O–H groups in total. The minimum atomic E-state index is -0.235. The van der Waals surface area contributed by atoms with Gasteiger partial charge in [-0.15, -0.1) is 24.0 Å². The monoisotopic (exact) mass is 425 g/mol. The molecule has 1 saturated heterocycles. The predicted octanol–water partition coefficient (Wildman–Crippen LogP) is 2.99. The highest BCUT2D eigenvalue weighted by Crippen LogP contribution is 2.19. The Morgan fingerprint density at radius 2 is 2.04 bits per heavy atom. The Morgan fingerprint density at radius 3 is 2.78 bits per heavy atom. The topological polar surface area (TPSA) is 47.9 Å². The standard InChI is InChI=1S/C18H23N3O.HI/c1-2-19-18(21-11-10-16(22)13-21)20-12-15-8-5-7-14-6-3-4-9-17(14)15;/h3-9,16,22H,2,10-13H2,1H3,(H,19,20);1H/t16-;/m1./s1. The molecule has 0 saturated carbocycles. The van der Waals surface area contributed by atoms with Gasteiger partial charge in [0.15, 0.2) is 5.96 Å². The fourth-order valence-corrected chi connectivity index (χ4v) is 2.95. The average Bonchev–Trinajstić information content (AvgIpc) is 2.98. The number of hydrogen-bond donors (Lipinski definition) is 2. The van der Waals surface area contributed by atoms with Crippen molar-refractivity contribution < 1.29 is 5.11 Å². The first-order valence-electron chi connectivity index (χ1n) is 7.96. The molecule has 1 atom stereocenters. The van der Waals surface area contributed by atoms with Crippen LogP contribution in [0.4, 0.5) is 0 Å². The number of halogens is 1. The molecule has 0 aromatic heterocycles. The lowest BCUT2D eigenvalue weighted by molar-refractivity contribution is 0.188. The van der Waals surface area contributed by atoms with E-state index in [1.807, 2.05) is 0 Å². The summed E-state index contributed by atoms with van der Waals surface area (Å²) in [5.74, 6) is 0.895. The van der Waals surface area contributed by atoms with Crippen molar-refractivity contribution in [1.82, 2.24) is 10.2 Å². The summed E-state index contributed by atoms with van der Waals surface area (Å²) in [6, 6.07) is 14.7. The molecular formula is C18H24IN3O. The third-order valence-electron chi connectivity index (χ3n) is 4.08. The van der Waals surface area contributed by atoms with E-state index in [-0.39, 0.29) is 30.1 Å². The lowest BCUT2D eigenvalue weighted by Gasteiger charge is -2.21. The van der Waals surface area contributed by atoms with E-state index in [1.165, 1.54) is 16.3 Å². The van der Waals surface area contributed by atoms with E-state index in [1.54, 1.807) is 0 Å². The first-order chi connectivity index (χ1) is 10.8. The second-order valence-corrected chi connectivity index (χ2v) is 5.70. The summed E-state index contributed by atoms with van der Waals surface area (Å²) in [5.41, 5.74) is 1.23. The van der Waals surface area contributed by atoms with E-state index in [4.69, 9.17) is 4.99 Å². The highest BCUT2D eigenvalue weighted by Gasteiger charge is 2.22. The van der Waals surface area contributed by atoms with Gasteiger partial charge in [-0.1, -0.05) is 42.5 Å².